The maximum Gasteiger partial charge on any atom is 0.0638 e. The molecule has 1 aromatic rings. The van der Waals surface area contributed by atoms with Gasteiger partial charge in [-0.15, -0.1) is 11.6 Å². The molecular weight excluding hydrogens is 204 g/mol. The highest BCUT2D eigenvalue weighted by atomic mass is 35.5. The molecule has 0 saturated heterocycles. The van der Waals surface area contributed by atoms with Crippen molar-refractivity contribution in [3.05, 3.63) is 34.4 Å². The van der Waals surface area contributed by atoms with Crippen molar-refractivity contribution >= 4 is 11.6 Å². The quantitative estimate of drug-likeness (QED) is 0.593. The van der Waals surface area contributed by atoms with Gasteiger partial charge in [-0.1, -0.05) is 38.5 Å². The van der Waals surface area contributed by atoms with E-state index in [1.807, 2.05) is 0 Å². The molecule has 0 fully saturated rings. The van der Waals surface area contributed by atoms with Crippen molar-refractivity contribution in [1.82, 2.24) is 0 Å². The summed E-state index contributed by atoms with van der Waals surface area (Å²) in [5.41, 5.74) is 5.33. The van der Waals surface area contributed by atoms with Gasteiger partial charge in [-0.2, -0.15) is 0 Å². The summed E-state index contributed by atoms with van der Waals surface area (Å²) in [6.07, 6.45) is 0. The molecule has 1 aromatic carbocycles. The van der Waals surface area contributed by atoms with E-state index in [2.05, 4.69) is 53.7 Å². The summed E-state index contributed by atoms with van der Waals surface area (Å²) in [5, 5.41) is 0.0816. The number of hydrogen-bond acceptors (Lipinski definition) is 0. The van der Waals surface area contributed by atoms with Gasteiger partial charge in [0.25, 0.3) is 0 Å². The van der Waals surface area contributed by atoms with Crippen molar-refractivity contribution in [2.45, 2.75) is 46.9 Å². The molecule has 15 heavy (non-hydrogen) atoms. The van der Waals surface area contributed by atoms with Gasteiger partial charge in [0.1, 0.15) is 0 Å². The maximum atomic E-state index is 6.55. The Labute approximate surface area is 98.7 Å². The third-order valence-electron chi connectivity index (χ3n) is 2.75. The number of hydrogen-bond donors (Lipinski definition) is 0. The van der Waals surface area contributed by atoms with Crippen LogP contribution in [0.4, 0.5) is 0 Å². The molecule has 1 rings (SSSR count). The summed E-state index contributed by atoms with van der Waals surface area (Å²) in [6, 6.07) is 4.42. The molecule has 0 aliphatic rings. The van der Waals surface area contributed by atoms with Gasteiger partial charge in [0, 0.05) is 0 Å². The Kier molecular flexibility index (Phi) is 3.50. The van der Waals surface area contributed by atoms with Gasteiger partial charge < -0.3 is 0 Å². The lowest BCUT2D eigenvalue weighted by Crippen LogP contribution is -2.15. The van der Waals surface area contributed by atoms with Crippen molar-refractivity contribution in [3.63, 3.8) is 0 Å². The molecule has 0 bridgehead atoms. The number of halogens is 1. The van der Waals surface area contributed by atoms with E-state index in [-0.39, 0.29) is 10.8 Å². The fourth-order valence-corrected chi connectivity index (χ4v) is 2.37. The predicted molar refractivity (Wildman–Crippen MR) is 68.7 cm³/mol. The first-order chi connectivity index (χ1) is 6.73. The van der Waals surface area contributed by atoms with E-state index >= 15 is 0 Å². The van der Waals surface area contributed by atoms with Crippen LogP contribution >= 0.6 is 11.6 Å². The average Bonchev–Trinajstić information content (AvgIpc) is 1.99. The number of benzene rings is 1. The Morgan fingerprint density at radius 3 is 1.73 bits per heavy atom. The molecule has 0 N–H and O–H groups in total. The molecule has 1 heteroatoms. The van der Waals surface area contributed by atoms with E-state index in [9.17, 15) is 0 Å². The fraction of sp³-hybridized carbons (Fsp3) is 0.571. The Balaban J connectivity index is 3.26. The second-order valence-electron chi connectivity index (χ2n) is 5.54. The molecular formula is C14H21Cl. The first-order valence-electron chi connectivity index (χ1n) is 5.45. The number of aryl methyl sites for hydroxylation is 3. The molecule has 0 radical (unpaired) electrons. The smallest absolute Gasteiger partial charge is 0.0638 e. The van der Waals surface area contributed by atoms with Crippen LogP contribution in [0.25, 0.3) is 0 Å². The van der Waals surface area contributed by atoms with Crippen LogP contribution in [-0.4, -0.2) is 0 Å². The van der Waals surface area contributed by atoms with Gasteiger partial charge in [0.15, 0.2) is 0 Å². The minimum atomic E-state index is 0.0816. The second kappa shape index (κ2) is 4.17. The van der Waals surface area contributed by atoms with Gasteiger partial charge in [-0.05, 0) is 42.9 Å². The molecule has 0 aromatic heterocycles. The molecule has 1 unspecified atom stereocenters. The van der Waals surface area contributed by atoms with Crippen molar-refractivity contribution in [1.29, 1.82) is 0 Å². The van der Waals surface area contributed by atoms with Crippen LogP contribution in [0, 0.1) is 26.2 Å². The largest absolute Gasteiger partial charge is 0.117 e. The SMILES string of the molecule is Cc1cc(C)c(C(Cl)C(C)(C)C)c(C)c1. The van der Waals surface area contributed by atoms with Crippen LogP contribution in [-0.2, 0) is 0 Å². The average molecular weight is 225 g/mol. The van der Waals surface area contributed by atoms with Crippen LogP contribution in [0.5, 0.6) is 0 Å². The summed E-state index contributed by atoms with van der Waals surface area (Å²) in [6.45, 7) is 13.0. The summed E-state index contributed by atoms with van der Waals surface area (Å²) in [4.78, 5) is 0. The van der Waals surface area contributed by atoms with Crippen LogP contribution in [0.3, 0.4) is 0 Å². The Morgan fingerprint density at radius 2 is 1.40 bits per heavy atom. The lowest BCUT2D eigenvalue weighted by molar-refractivity contribution is 0.394. The molecule has 0 aliphatic carbocycles. The highest BCUT2D eigenvalue weighted by Crippen LogP contribution is 2.41. The zero-order chi connectivity index (χ0) is 11.8. The normalized spacial score (nSPS) is 14.1. The Hall–Kier alpha value is -0.490. The van der Waals surface area contributed by atoms with Gasteiger partial charge in [-0.25, -0.2) is 0 Å². The summed E-state index contributed by atoms with van der Waals surface area (Å²) >= 11 is 6.55. The monoisotopic (exact) mass is 224 g/mol. The highest BCUT2D eigenvalue weighted by molar-refractivity contribution is 6.21. The molecule has 84 valence electrons. The third kappa shape index (κ3) is 2.75. The Morgan fingerprint density at radius 1 is 1.00 bits per heavy atom. The predicted octanol–water partition coefficient (Wildman–Crippen LogP) is 4.94. The minimum absolute atomic E-state index is 0.0816. The zero-order valence-electron chi connectivity index (χ0n) is 10.6. The second-order valence-corrected chi connectivity index (χ2v) is 5.98. The maximum absolute atomic E-state index is 6.55. The van der Waals surface area contributed by atoms with Gasteiger partial charge in [-0.3, -0.25) is 0 Å². The lowest BCUT2D eigenvalue weighted by atomic mass is 9.83. The van der Waals surface area contributed by atoms with Crippen molar-refractivity contribution in [2.75, 3.05) is 0 Å². The summed E-state index contributed by atoms with van der Waals surface area (Å²) in [7, 11) is 0. The molecule has 0 heterocycles. The lowest BCUT2D eigenvalue weighted by Gasteiger charge is -2.28. The van der Waals surface area contributed by atoms with E-state index in [0.717, 1.165) is 0 Å². The molecule has 1 atom stereocenters. The van der Waals surface area contributed by atoms with Crippen molar-refractivity contribution in [3.8, 4) is 0 Å². The first-order valence-corrected chi connectivity index (χ1v) is 5.89. The minimum Gasteiger partial charge on any atom is -0.117 e. The van der Waals surface area contributed by atoms with Crippen LogP contribution in [0.2, 0.25) is 0 Å². The first kappa shape index (κ1) is 12.6. The van der Waals surface area contributed by atoms with Crippen LogP contribution in [0.15, 0.2) is 12.1 Å². The molecule has 0 aliphatic heterocycles. The summed E-state index contributed by atoms with van der Waals surface area (Å²) < 4.78 is 0. The van der Waals surface area contributed by atoms with Crippen molar-refractivity contribution < 1.29 is 0 Å². The molecule has 0 spiro atoms. The van der Waals surface area contributed by atoms with Crippen LogP contribution in [0.1, 0.15) is 48.4 Å². The van der Waals surface area contributed by atoms with E-state index in [4.69, 9.17) is 11.6 Å². The van der Waals surface area contributed by atoms with Crippen LogP contribution < -0.4 is 0 Å². The molecule has 0 saturated carbocycles. The van der Waals surface area contributed by atoms with Crippen molar-refractivity contribution in [2.24, 2.45) is 5.41 Å². The molecule has 0 nitrogen and oxygen atoms in total. The van der Waals surface area contributed by atoms with Gasteiger partial charge in [0.05, 0.1) is 5.38 Å². The Bertz CT molecular complexity index is 335. The van der Waals surface area contributed by atoms with E-state index in [0.29, 0.717) is 0 Å². The standard InChI is InChI=1S/C14H21Cl/c1-9-7-10(2)12(11(3)8-9)13(15)14(4,5)6/h7-8,13H,1-6H3. The summed E-state index contributed by atoms with van der Waals surface area (Å²) in [5.74, 6) is 0. The zero-order valence-corrected chi connectivity index (χ0v) is 11.4. The molecule has 0 amide bonds. The van der Waals surface area contributed by atoms with Gasteiger partial charge >= 0.3 is 0 Å². The van der Waals surface area contributed by atoms with E-state index in [1.165, 1.54) is 22.3 Å². The fourth-order valence-electron chi connectivity index (χ4n) is 2.02. The van der Waals surface area contributed by atoms with E-state index < -0.39 is 0 Å². The van der Waals surface area contributed by atoms with E-state index in [1.54, 1.807) is 0 Å². The topological polar surface area (TPSA) is 0 Å². The van der Waals surface area contributed by atoms with Gasteiger partial charge in [0.2, 0.25) is 0 Å². The third-order valence-corrected chi connectivity index (χ3v) is 3.62. The number of rotatable bonds is 1. The number of alkyl halides is 1. The highest BCUT2D eigenvalue weighted by Gasteiger charge is 2.26.